The zero-order chi connectivity index (χ0) is 14.8. The Morgan fingerprint density at radius 3 is 2.60 bits per heavy atom. The van der Waals surface area contributed by atoms with Gasteiger partial charge in [-0.25, -0.2) is 0 Å². The smallest absolute Gasteiger partial charge is 0.231 e. The van der Waals surface area contributed by atoms with Crippen LogP contribution in [-0.2, 0) is 4.79 Å². The van der Waals surface area contributed by atoms with Gasteiger partial charge in [-0.15, -0.1) is 0 Å². The van der Waals surface area contributed by atoms with E-state index < -0.39 is 0 Å². The van der Waals surface area contributed by atoms with Crippen LogP contribution in [-0.4, -0.2) is 12.5 Å². The van der Waals surface area contributed by atoms with Crippen molar-refractivity contribution in [2.45, 2.75) is 46.5 Å². The molecular weight excluding hydrogens is 248 g/mol. The molecule has 0 aliphatic heterocycles. The minimum Gasteiger partial charge on any atom is -0.329 e. The molecule has 3 heteroatoms. The van der Waals surface area contributed by atoms with Crippen LogP contribution in [0.3, 0.4) is 0 Å². The number of benzene rings is 1. The monoisotopic (exact) mass is 274 g/mol. The SMILES string of the molecule is Cc1ccc(C)c(NC(=O)C2(CN)CCC(C)CC2)c1. The van der Waals surface area contributed by atoms with Crippen molar-refractivity contribution in [1.29, 1.82) is 0 Å². The van der Waals surface area contributed by atoms with Crippen molar-refractivity contribution < 1.29 is 4.79 Å². The normalized spacial score (nSPS) is 26.3. The zero-order valence-corrected chi connectivity index (χ0v) is 12.8. The lowest BCUT2D eigenvalue weighted by atomic mass is 9.70. The Balaban J connectivity index is 2.15. The summed E-state index contributed by atoms with van der Waals surface area (Å²) in [6.07, 6.45) is 4.00. The maximum Gasteiger partial charge on any atom is 0.231 e. The number of carbonyl (C=O) groups is 1. The first-order chi connectivity index (χ1) is 9.47. The molecule has 0 aromatic heterocycles. The van der Waals surface area contributed by atoms with E-state index in [4.69, 9.17) is 5.73 Å². The minimum absolute atomic E-state index is 0.0978. The van der Waals surface area contributed by atoms with Gasteiger partial charge in [0.25, 0.3) is 0 Å². The fourth-order valence-electron chi connectivity index (χ4n) is 2.96. The van der Waals surface area contributed by atoms with Crippen molar-refractivity contribution in [3.05, 3.63) is 29.3 Å². The summed E-state index contributed by atoms with van der Waals surface area (Å²) in [5, 5.41) is 3.11. The number of hydrogen-bond acceptors (Lipinski definition) is 2. The van der Waals surface area contributed by atoms with Gasteiger partial charge in [-0.2, -0.15) is 0 Å². The van der Waals surface area contributed by atoms with Crippen LogP contribution in [0.15, 0.2) is 18.2 Å². The molecule has 0 radical (unpaired) electrons. The summed E-state index contributed by atoms with van der Waals surface area (Å²) in [4.78, 5) is 12.7. The molecule has 1 aliphatic carbocycles. The molecule has 110 valence electrons. The molecule has 0 atom stereocenters. The van der Waals surface area contributed by atoms with Gasteiger partial charge in [-0.1, -0.05) is 19.1 Å². The number of hydrogen-bond donors (Lipinski definition) is 2. The number of nitrogens with two attached hydrogens (primary N) is 1. The largest absolute Gasteiger partial charge is 0.329 e. The summed E-state index contributed by atoms with van der Waals surface area (Å²) in [6.45, 7) is 6.75. The lowest BCUT2D eigenvalue weighted by Gasteiger charge is -2.37. The molecule has 2 rings (SSSR count). The van der Waals surface area contributed by atoms with E-state index in [0.717, 1.165) is 42.5 Å². The molecule has 1 saturated carbocycles. The number of aryl methyl sites for hydroxylation is 2. The number of nitrogens with one attached hydrogen (secondary N) is 1. The molecule has 1 aromatic carbocycles. The van der Waals surface area contributed by atoms with Crippen LogP contribution < -0.4 is 11.1 Å². The molecule has 0 spiro atoms. The second-order valence-electron chi connectivity index (χ2n) is 6.44. The van der Waals surface area contributed by atoms with E-state index in [0.29, 0.717) is 12.5 Å². The van der Waals surface area contributed by atoms with E-state index >= 15 is 0 Å². The van der Waals surface area contributed by atoms with E-state index in [9.17, 15) is 4.79 Å². The zero-order valence-electron chi connectivity index (χ0n) is 12.8. The van der Waals surface area contributed by atoms with Crippen LogP contribution >= 0.6 is 0 Å². The highest BCUT2D eigenvalue weighted by atomic mass is 16.2. The first-order valence-corrected chi connectivity index (χ1v) is 7.55. The second-order valence-corrected chi connectivity index (χ2v) is 6.44. The van der Waals surface area contributed by atoms with Crippen LogP contribution in [0.2, 0.25) is 0 Å². The van der Waals surface area contributed by atoms with Gasteiger partial charge in [-0.05, 0) is 62.6 Å². The summed E-state index contributed by atoms with van der Waals surface area (Å²) in [7, 11) is 0. The molecule has 1 aromatic rings. The van der Waals surface area contributed by atoms with Crippen LogP contribution in [0.25, 0.3) is 0 Å². The van der Waals surface area contributed by atoms with E-state index in [1.165, 1.54) is 0 Å². The van der Waals surface area contributed by atoms with Gasteiger partial charge < -0.3 is 11.1 Å². The highest BCUT2D eigenvalue weighted by molar-refractivity contribution is 5.96. The maximum atomic E-state index is 12.7. The Hall–Kier alpha value is -1.35. The third-order valence-corrected chi connectivity index (χ3v) is 4.75. The van der Waals surface area contributed by atoms with Crippen molar-refractivity contribution >= 4 is 11.6 Å². The van der Waals surface area contributed by atoms with Crippen LogP contribution in [0, 0.1) is 25.2 Å². The van der Waals surface area contributed by atoms with Gasteiger partial charge in [0.15, 0.2) is 0 Å². The minimum atomic E-state index is -0.372. The average molecular weight is 274 g/mol. The topological polar surface area (TPSA) is 55.1 Å². The van der Waals surface area contributed by atoms with E-state index in [1.807, 2.05) is 26.0 Å². The maximum absolute atomic E-state index is 12.7. The lowest BCUT2D eigenvalue weighted by Crippen LogP contribution is -2.44. The van der Waals surface area contributed by atoms with Gasteiger partial charge in [0.2, 0.25) is 5.91 Å². The Bertz CT molecular complexity index is 488. The second kappa shape index (κ2) is 5.96. The van der Waals surface area contributed by atoms with Gasteiger partial charge in [0.05, 0.1) is 5.41 Å². The van der Waals surface area contributed by atoms with Crippen molar-refractivity contribution in [3.63, 3.8) is 0 Å². The molecular formula is C17H26N2O. The molecule has 3 nitrogen and oxygen atoms in total. The first-order valence-electron chi connectivity index (χ1n) is 7.55. The standard InChI is InChI=1S/C17H26N2O/c1-12-6-8-17(11-18,9-7-12)16(20)19-15-10-13(2)4-5-14(15)3/h4-5,10,12H,6-9,11,18H2,1-3H3,(H,19,20). The molecule has 1 aliphatic rings. The number of amides is 1. The molecule has 0 saturated heterocycles. The van der Waals surface area contributed by atoms with Crippen molar-refractivity contribution in [1.82, 2.24) is 0 Å². The van der Waals surface area contributed by atoms with Crippen LogP contribution in [0.1, 0.15) is 43.7 Å². The Labute approximate surface area is 121 Å². The van der Waals surface area contributed by atoms with Gasteiger partial charge in [0, 0.05) is 12.2 Å². The summed E-state index contributed by atoms with van der Waals surface area (Å²) in [5.74, 6) is 0.809. The summed E-state index contributed by atoms with van der Waals surface area (Å²) < 4.78 is 0. The third kappa shape index (κ3) is 3.04. The van der Waals surface area contributed by atoms with E-state index in [-0.39, 0.29) is 11.3 Å². The van der Waals surface area contributed by atoms with Gasteiger partial charge >= 0.3 is 0 Å². The fraction of sp³-hybridized carbons (Fsp3) is 0.588. The molecule has 0 bridgehead atoms. The summed E-state index contributed by atoms with van der Waals surface area (Å²) in [6, 6.07) is 6.14. The molecule has 1 amide bonds. The average Bonchev–Trinajstić information content (AvgIpc) is 2.44. The summed E-state index contributed by atoms with van der Waals surface area (Å²) >= 11 is 0. The van der Waals surface area contributed by atoms with Crippen molar-refractivity contribution in [2.75, 3.05) is 11.9 Å². The van der Waals surface area contributed by atoms with Crippen molar-refractivity contribution in [3.8, 4) is 0 Å². The molecule has 0 heterocycles. The van der Waals surface area contributed by atoms with Crippen LogP contribution in [0.4, 0.5) is 5.69 Å². The first kappa shape index (κ1) is 15.0. The quantitative estimate of drug-likeness (QED) is 0.887. The van der Waals surface area contributed by atoms with Gasteiger partial charge in [-0.3, -0.25) is 4.79 Å². The van der Waals surface area contributed by atoms with Crippen molar-refractivity contribution in [2.24, 2.45) is 17.1 Å². The highest BCUT2D eigenvalue weighted by Crippen LogP contribution is 2.39. The van der Waals surface area contributed by atoms with Crippen LogP contribution in [0.5, 0.6) is 0 Å². The Morgan fingerprint density at radius 1 is 1.35 bits per heavy atom. The van der Waals surface area contributed by atoms with E-state index in [1.54, 1.807) is 0 Å². The molecule has 0 unspecified atom stereocenters. The summed E-state index contributed by atoms with van der Waals surface area (Å²) in [5.41, 5.74) is 8.75. The predicted octanol–water partition coefficient (Wildman–Crippen LogP) is 3.40. The fourth-order valence-corrected chi connectivity index (χ4v) is 2.96. The molecule has 20 heavy (non-hydrogen) atoms. The lowest BCUT2D eigenvalue weighted by molar-refractivity contribution is -0.127. The Morgan fingerprint density at radius 2 is 2.00 bits per heavy atom. The highest BCUT2D eigenvalue weighted by Gasteiger charge is 2.39. The predicted molar refractivity (Wildman–Crippen MR) is 83.7 cm³/mol. The Kier molecular flexibility index (Phi) is 4.48. The molecule has 1 fully saturated rings. The number of carbonyl (C=O) groups excluding carboxylic acids is 1. The third-order valence-electron chi connectivity index (χ3n) is 4.75. The van der Waals surface area contributed by atoms with E-state index in [2.05, 4.69) is 18.3 Å². The number of rotatable bonds is 3. The number of anilines is 1. The van der Waals surface area contributed by atoms with Gasteiger partial charge in [0.1, 0.15) is 0 Å². The molecule has 3 N–H and O–H groups in total.